The molecular weight excluding hydrogens is 273 g/mol. The number of hydroxylamine groups is 2. The first kappa shape index (κ1) is 15.4. The summed E-state index contributed by atoms with van der Waals surface area (Å²) in [7, 11) is 3.14. The third-order valence-corrected chi connectivity index (χ3v) is 3.97. The molecule has 1 rings (SSSR count). The van der Waals surface area contributed by atoms with Crippen LogP contribution in [0.5, 0.6) is 0 Å². The second-order valence-electron chi connectivity index (χ2n) is 4.88. The number of amides is 1. The topological polar surface area (TPSA) is 26.3 Å². The summed E-state index contributed by atoms with van der Waals surface area (Å²) in [5.74, 6) is 0.0705. The summed E-state index contributed by atoms with van der Waals surface area (Å²) in [5, 5.41) is 0.487. The molecule has 5 heteroatoms. The Kier molecular flexibility index (Phi) is 4.78. The van der Waals surface area contributed by atoms with Crippen molar-refractivity contribution in [1.29, 1.82) is 0 Å². The number of carbonyl (C=O) groups is 1. The highest BCUT2D eigenvalue weighted by Gasteiger charge is 2.47. The lowest BCUT2D eigenvalue weighted by atomic mass is 9.94. The predicted molar refractivity (Wildman–Crippen MR) is 75.7 cm³/mol. The average Bonchev–Trinajstić information content (AvgIpc) is 2.37. The SMILES string of the molecule is CO[N+](C)(C(=O)C(C)(C)CCl)c1ccccc1Cl. The Morgan fingerprint density at radius 3 is 2.39 bits per heavy atom. The van der Waals surface area contributed by atoms with Crippen LogP contribution in [0, 0.1) is 5.41 Å². The van der Waals surface area contributed by atoms with E-state index in [0.29, 0.717) is 10.7 Å². The fourth-order valence-electron chi connectivity index (χ4n) is 1.72. The minimum atomic E-state index is -0.703. The van der Waals surface area contributed by atoms with Crippen molar-refractivity contribution in [2.45, 2.75) is 13.8 Å². The quantitative estimate of drug-likeness (QED) is 0.481. The largest absolute Gasteiger partial charge is 0.357 e. The molecule has 0 saturated heterocycles. The van der Waals surface area contributed by atoms with Crippen LogP contribution < -0.4 is 4.65 Å². The maximum Gasteiger partial charge on any atom is 0.357 e. The van der Waals surface area contributed by atoms with Gasteiger partial charge in [-0.15, -0.1) is 11.6 Å². The van der Waals surface area contributed by atoms with Gasteiger partial charge in [0.25, 0.3) is 0 Å². The van der Waals surface area contributed by atoms with Crippen LogP contribution in [0.2, 0.25) is 5.02 Å². The van der Waals surface area contributed by atoms with E-state index in [1.54, 1.807) is 33.0 Å². The highest BCUT2D eigenvalue weighted by atomic mass is 35.5. The van der Waals surface area contributed by atoms with E-state index in [4.69, 9.17) is 28.0 Å². The fourth-order valence-corrected chi connectivity index (χ4v) is 2.13. The van der Waals surface area contributed by atoms with Crippen LogP contribution >= 0.6 is 23.2 Å². The van der Waals surface area contributed by atoms with Crippen molar-refractivity contribution in [2.24, 2.45) is 5.41 Å². The smallest absolute Gasteiger partial charge is 0.226 e. The second kappa shape index (κ2) is 5.57. The van der Waals surface area contributed by atoms with Crippen molar-refractivity contribution in [1.82, 2.24) is 4.65 Å². The molecule has 1 aromatic rings. The van der Waals surface area contributed by atoms with Gasteiger partial charge in [-0.05, 0) is 19.9 Å². The van der Waals surface area contributed by atoms with Gasteiger partial charge in [-0.3, -0.25) is 0 Å². The van der Waals surface area contributed by atoms with E-state index < -0.39 is 5.41 Å². The maximum atomic E-state index is 12.6. The average molecular weight is 291 g/mol. The van der Waals surface area contributed by atoms with Gasteiger partial charge in [0.05, 0.1) is 12.5 Å². The van der Waals surface area contributed by atoms with Crippen molar-refractivity contribution in [3.63, 3.8) is 0 Å². The van der Waals surface area contributed by atoms with Gasteiger partial charge in [-0.25, -0.2) is 4.79 Å². The van der Waals surface area contributed by atoms with Crippen LogP contribution in [0.25, 0.3) is 0 Å². The zero-order valence-corrected chi connectivity index (χ0v) is 12.5. The zero-order chi connectivity index (χ0) is 14.0. The molecule has 0 bridgehead atoms. The number of alkyl halides is 1. The Bertz CT molecular complexity index is 448. The Morgan fingerprint density at radius 1 is 1.39 bits per heavy atom. The van der Waals surface area contributed by atoms with Gasteiger partial charge in [0.2, 0.25) is 0 Å². The molecule has 0 fully saturated rings. The molecule has 0 heterocycles. The minimum absolute atomic E-state index is 0.145. The van der Waals surface area contributed by atoms with Gasteiger partial charge in [-0.1, -0.05) is 28.4 Å². The van der Waals surface area contributed by atoms with Crippen LogP contribution in [0.4, 0.5) is 5.69 Å². The molecule has 18 heavy (non-hydrogen) atoms. The Morgan fingerprint density at radius 2 is 1.94 bits per heavy atom. The lowest BCUT2D eigenvalue weighted by Crippen LogP contribution is -2.56. The van der Waals surface area contributed by atoms with E-state index >= 15 is 0 Å². The van der Waals surface area contributed by atoms with Gasteiger partial charge in [0, 0.05) is 11.9 Å². The second-order valence-corrected chi connectivity index (χ2v) is 5.56. The van der Waals surface area contributed by atoms with Gasteiger partial charge in [0.1, 0.15) is 12.1 Å². The summed E-state index contributed by atoms with van der Waals surface area (Å²) < 4.78 is -0.334. The van der Waals surface area contributed by atoms with Crippen LogP contribution in [0.15, 0.2) is 24.3 Å². The molecule has 1 amide bonds. The van der Waals surface area contributed by atoms with Crippen molar-refractivity contribution >= 4 is 34.8 Å². The van der Waals surface area contributed by atoms with Crippen LogP contribution in [0.1, 0.15) is 13.8 Å². The molecule has 1 atom stereocenters. The minimum Gasteiger partial charge on any atom is -0.226 e. The highest BCUT2D eigenvalue weighted by molar-refractivity contribution is 6.33. The molecule has 0 saturated carbocycles. The van der Waals surface area contributed by atoms with Crippen LogP contribution in [-0.4, -0.2) is 25.9 Å². The molecule has 0 aliphatic heterocycles. The number of quaternary nitrogens is 1. The Hall–Kier alpha value is -0.610. The summed E-state index contributed by atoms with van der Waals surface area (Å²) in [6, 6.07) is 7.13. The van der Waals surface area contributed by atoms with E-state index in [9.17, 15) is 4.79 Å². The fraction of sp³-hybridized carbons (Fsp3) is 0.462. The van der Waals surface area contributed by atoms with Gasteiger partial charge in [-0.2, -0.15) is 4.84 Å². The normalized spacial score (nSPS) is 15.2. The first-order valence-electron chi connectivity index (χ1n) is 5.58. The van der Waals surface area contributed by atoms with Crippen LogP contribution in [-0.2, 0) is 9.63 Å². The van der Waals surface area contributed by atoms with Crippen LogP contribution in [0.3, 0.4) is 0 Å². The van der Waals surface area contributed by atoms with Gasteiger partial charge in [0.15, 0.2) is 5.69 Å². The number of rotatable bonds is 4. The molecule has 0 aliphatic rings. The van der Waals surface area contributed by atoms with E-state index in [1.165, 1.54) is 7.11 Å². The molecule has 1 unspecified atom stereocenters. The lowest BCUT2D eigenvalue weighted by molar-refractivity contribution is -0.173. The first-order chi connectivity index (χ1) is 8.29. The zero-order valence-electron chi connectivity index (χ0n) is 11.0. The summed E-state index contributed by atoms with van der Waals surface area (Å²) in [6.45, 7) is 3.57. The summed E-state index contributed by atoms with van der Waals surface area (Å²) in [4.78, 5) is 18.0. The number of halogens is 2. The predicted octanol–water partition coefficient (Wildman–Crippen LogP) is 3.63. The number of hydrogen-bond donors (Lipinski definition) is 0. The van der Waals surface area contributed by atoms with Crippen molar-refractivity contribution in [3.8, 4) is 0 Å². The van der Waals surface area contributed by atoms with E-state index in [1.807, 2.05) is 12.1 Å². The van der Waals surface area contributed by atoms with E-state index in [0.717, 1.165) is 0 Å². The molecule has 0 N–H and O–H groups in total. The standard InChI is InChI=1S/C13H18Cl2NO2/c1-13(2,9-14)12(17)16(3,18-4)11-8-6-5-7-10(11)15/h5-8H,9H2,1-4H3/q+1. The van der Waals surface area contributed by atoms with Crippen molar-refractivity contribution < 1.29 is 9.63 Å². The van der Waals surface area contributed by atoms with E-state index in [-0.39, 0.29) is 16.4 Å². The highest BCUT2D eigenvalue weighted by Crippen LogP contribution is 2.35. The summed E-state index contributed by atoms with van der Waals surface area (Å²) in [6.07, 6.45) is 0. The molecule has 3 nitrogen and oxygen atoms in total. The Labute approximate surface area is 118 Å². The van der Waals surface area contributed by atoms with E-state index in [2.05, 4.69) is 0 Å². The maximum absolute atomic E-state index is 12.6. The molecule has 0 aromatic heterocycles. The number of para-hydroxylation sites is 1. The molecule has 0 spiro atoms. The third kappa shape index (κ3) is 2.69. The lowest BCUT2D eigenvalue weighted by Gasteiger charge is -2.33. The van der Waals surface area contributed by atoms with Gasteiger partial charge < -0.3 is 0 Å². The van der Waals surface area contributed by atoms with Crippen molar-refractivity contribution in [3.05, 3.63) is 29.3 Å². The molecule has 0 aliphatic carbocycles. The first-order valence-corrected chi connectivity index (χ1v) is 6.49. The monoisotopic (exact) mass is 290 g/mol. The summed E-state index contributed by atoms with van der Waals surface area (Å²) >= 11 is 12.0. The number of benzene rings is 1. The molecule has 0 radical (unpaired) electrons. The summed E-state index contributed by atoms with van der Waals surface area (Å²) in [5.41, 5.74) is -0.101. The molecular formula is C13H18Cl2NO2+. The molecule has 100 valence electrons. The Balaban J connectivity index is 3.31. The molecule has 1 aromatic carbocycles. The van der Waals surface area contributed by atoms with Crippen molar-refractivity contribution in [2.75, 3.05) is 20.0 Å². The number of hydrogen-bond acceptors (Lipinski definition) is 2. The number of carbonyl (C=O) groups excluding carboxylic acids is 1. The van der Waals surface area contributed by atoms with Gasteiger partial charge >= 0.3 is 5.91 Å². The third-order valence-electron chi connectivity index (χ3n) is 2.98. The number of nitrogens with zero attached hydrogens (tertiary/aromatic N) is 1.